The number of carbonyl (C=O) groups is 1. The van der Waals surface area contributed by atoms with E-state index in [1.165, 1.54) is 0 Å². The molecule has 17 heavy (non-hydrogen) atoms. The molecule has 2 rings (SSSR count). The van der Waals surface area contributed by atoms with Gasteiger partial charge in [0.05, 0.1) is 11.3 Å². The molecule has 0 spiro atoms. The lowest BCUT2D eigenvalue weighted by Crippen LogP contribution is -2.43. The zero-order valence-electron chi connectivity index (χ0n) is 9.53. The highest BCUT2D eigenvalue weighted by Gasteiger charge is 2.20. The van der Waals surface area contributed by atoms with Crippen LogP contribution in [0.1, 0.15) is 23.2 Å². The first-order valence-corrected chi connectivity index (χ1v) is 6.47. The molecule has 0 aliphatic carbocycles. The predicted molar refractivity (Wildman–Crippen MR) is 72.1 cm³/mol. The van der Waals surface area contributed by atoms with Gasteiger partial charge in [-0.15, -0.1) is 0 Å². The van der Waals surface area contributed by atoms with E-state index in [4.69, 9.17) is 11.5 Å². The number of halogens is 1. The SMILES string of the molecule is NC(=O)c1ccc(Br)cc1N1CCC[C@@H](N)C1. The van der Waals surface area contributed by atoms with Gasteiger partial charge in [0.1, 0.15) is 0 Å². The molecule has 4 nitrogen and oxygen atoms in total. The summed E-state index contributed by atoms with van der Waals surface area (Å²) in [5.74, 6) is -0.397. The first-order chi connectivity index (χ1) is 8.08. The number of amides is 1. The minimum absolute atomic E-state index is 0.170. The number of benzene rings is 1. The zero-order chi connectivity index (χ0) is 12.4. The van der Waals surface area contributed by atoms with Crippen LogP contribution in [0.2, 0.25) is 0 Å². The lowest BCUT2D eigenvalue weighted by Gasteiger charge is -2.33. The van der Waals surface area contributed by atoms with Crippen molar-refractivity contribution in [3.63, 3.8) is 0 Å². The topological polar surface area (TPSA) is 72.4 Å². The van der Waals surface area contributed by atoms with E-state index in [1.54, 1.807) is 6.07 Å². The van der Waals surface area contributed by atoms with Gasteiger partial charge in [-0.25, -0.2) is 0 Å². The number of rotatable bonds is 2. The maximum atomic E-state index is 11.4. The molecule has 1 atom stereocenters. The van der Waals surface area contributed by atoms with E-state index >= 15 is 0 Å². The molecular formula is C12H16BrN3O. The molecule has 0 radical (unpaired) electrons. The van der Waals surface area contributed by atoms with E-state index < -0.39 is 5.91 Å². The number of carbonyl (C=O) groups excluding carboxylic acids is 1. The van der Waals surface area contributed by atoms with Gasteiger partial charge in [0.15, 0.2) is 0 Å². The average Bonchev–Trinajstić information content (AvgIpc) is 2.28. The number of nitrogens with zero attached hydrogens (tertiary/aromatic N) is 1. The fourth-order valence-corrected chi connectivity index (χ4v) is 2.55. The Morgan fingerprint density at radius 2 is 2.24 bits per heavy atom. The minimum atomic E-state index is -0.397. The molecule has 0 unspecified atom stereocenters. The molecule has 1 heterocycles. The van der Waals surface area contributed by atoms with E-state index in [9.17, 15) is 4.79 Å². The molecule has 1 fully saturated rings. The Bertz CT molecular complexity index is 436. The summed E-state index contributed by atoms with van der Waals surface area (Å²) >= 11 is 3.42. The molecule has 0 bridgehead atoms. The predicted octanol–water partition coefficient (Wildman–Crippen LogP) is 1.48. The molecule has 1 aliphatic heterocycles. The first-order valence-electron chi connectivity index (χ1n) is 5.68. The van der Waals surface area contributed by atoms with Crippen molar-refractivity contribution in [2.24, 2.45) is 11.5 Å². The first kappa shape index (κ1) is 12.4. The van der Waals surface area contributed by atoms with Crippen LogP contribution in [0.4, 0.5) is 5.69 Å². The van der Waals surface area contributed by atoms with Gasteiger partial charge in [0, 0.05) is 23.6 Å². The van der Waals surface area contributed by atoms with Gasteiger partial charge >= 0.3 is 0 Å². The Hall–Kier alpha value is -1.07. The lowest BCUT2D eigenvalue weighted by molar-refractivity contribution is 0.100. The Morgan fingerprint density at radius 3 is 2.88 bits per heavy atom. The van der Waals surface area contributed by atoms with Crippen LogP contribution in [0.5, 0.6) is 0 Å². The molecule has 0 aromatic heterocycles. The van der Waals surface area contributed by atoms with Gasteiger partial charge in [-0.05, 0) is 31.0 Å². The summed E-state index contributed by atoms with van der Waals surface area (Å²) in [6.07, 6.45) is 2.09. The third-order valence-electron chi connectivity index (χ3n) is 3.02. The average molecular weight is 298 g/mol. The highest BCUT2D eigenvalue weighted by Crippen LogP contribution is 2.27. The maximum absolute atomic E-state index is 11.4. The van der Waals surface area contributed by atoms with Crippen molar-refractivity contribution in [1.82, 2.24) is 0 Å². The number of hydrogen-bond donors (Lipinski definition) is 2. The molecule has 1 aromatic rings. The summed E-state index contributed by atoms with van der Waals surface area (Å²) in [7, 11) is 0. The fourth-order valence-electron chi connectivity index (χ4n) is 2.20. The standard InChI is InChI=1S/C12H16BrN3O/c13-8-3-4-10(12(15)17)11(6-8)16-5-1-2-9(14)7-16/h3-4,6,9H,1-2,5,7,14H2,(H2,15,17)/t9-/m1/s1. The Labute approximate surface area is 109 Å². The second kappa shape index (κ2) is 5.06. The molecule has 5 heteroatoms. The van der Waals surface area contributed by atoms with Crippen LogP contribution in [0, 0.1) is 0 Å². The van der Waals surface area contributed by atoms with Crippen molar-refractivity contribution in [2.75, 3.05) is 18.0 Å². The molecule has 92 valence electrons. The van der Waals surface area contributed by atoms with Gasteiger partial charge in [-0.1, -0.05) is 15.9 Å². The van der Waals surface area contributed by atoms with Crippen LogP contribution in [-0.2, 0) is 0 Å². The summed E-state index contributed by atoms with van der Waals surface area (Å²) in [6, 6.07) is 5.68. The van der Waals surface area contributed by atoms with Crippen LogP contribution in [0.25, 0.3) is 0 Å². The summed E-state index contributed by atoms with van der Waals surface area (Å²) < 4.78 is 0.941. The molecule has 1 aromatic carbocycles. The maximum Gasteiger partial charge on any atom is 0.250 e. The largest absolute Gasteiger partial charge is 0.369 e. The normalized spacial score (nSPS) is 20.4. The van der Waals surface area contributed by atoms with Gasteiger partial charge in [-0.2, -0.15) is 0 Å². The number of anilines is 1. The Balaban J connectivity index is 2.35. The van der Waals surface area contributed by atoms with Crippen LogP contribution in [-0.4, -0.2) is 25.0 Å². The molecule has 0 saturated carbocycles. The summed E-state index contributed by atoms with van der Waals surface area (Å²) in [5.41, 5.74) is 12.8. The van der Waals surface area contributed by atoms with Gasteiger partial charge in [0.2, 0.25) is 0 Å². The zero-order valence-corrected chi connectivity index (χ0v) is 11.1. The summed E-state index contributed by atoms with van der Waals surface area (Å²) in [6.45, 7) is 1.70. The summed E-state index contributed by atoms with van der Waals surface area (Å²) in [5, 5.41) is 0. The molecular weight excluding hydrogens is 282 g/mol. The van der Waals surface area contributed by atoms with Crippen molar-refractivity contribution < 1.29 is 4.79 Å². The van der Waals surface area contributed by atoms with Crippen molar-refractivity contribution >= 4 is 27.5 Å². The van der Waals surface area contributed by atoms with Crippen LogP contribution in [0.3, 0.4) is 0 Å². The second-order valence-electron chi connectivity index (χ2n) is 4.37. The Kier molecular flexibility index (Phi) is 3.69. The molecule has 1 amide bonds. The van der Waals surface area contributed by atoms with Crippen LogP contribution in [0.15, 0.2) is 22.7 Å². The van der Waals surface area contributed by atoms with Crippen molar-refractivity contribution in [3.05, 3.63) is 28.2 Å². The van der Waals surface area contributed by atoms with Gasteiger partial charge in [0.25, 0.3) is 5.91 Å². The number of hydrogen-bond acceptors (Lipinski definition) is 3. The van der Waals surface area contributed by atoms with Crippen molar-refractivity contribution in [2.45, 2.75) is 18.9 Å². The van der Waals surface area contributed by atoms with Gasteiger partial charge in [-0.3, -0.25) is 4.79 Å². The third kappa shape index (κ3) is 2.79. The number of nitrogens with two attached hydrogens (primary N) is 2. The highest BCUT2D eigenvalue weighted by molar-refractivity contribution is 9.10. The lowest BCUT2D eigenvalue weighted by atomic mass is 10.0. The third-order valence-corrected chi connectivity index (χ3v) is 3.52. The minimum Gasteiger partial charge on any atom is -0.369 e. The highest BCUT2D eigenvalue weighted by atomic mass is 79.9. The quantitative estimate of drug-likeness (QED) is 0.868. The van der Waals surface area contributed by atoms with Crippen molar-refractivity contribution in [3.8, 4) is 0 Å². The molecule has 4 N–H and O–H groups in total. The molecule has 1 saturated heterocycles. The van der Waals surface area contributed by atoms with E-state index in [0.29, 0.717) is 5.56 Å². The smallest absolute Gasteiger partial charge is 0.250 e. The summed E-state index contributed by atoms with van der Waals surface area (Å²) in [4.78, 5) is 13.5. The second-order valence-corrected chi connectivity index (χ2v) is 5.29. The number of primary amides is 1. The van der Waals surface area contributed by atoms with E-state index in [1.807, 2.05) is 12.1 Å². The Morgan fingerprint density at radius 1 is 1.47 bits per heavy atom. The monoisotopic (exact) mass is 297 g/mol. The van der Waals surface area contributed by atoms with Crippen LogP contribution >= 0.6 is 15.9 Å². The van der Waals surface area contributed by atoms with Crippen LogP contribution < -0.4 is 16.4 Å². The van der Waals surface area contributed by atoms with E-state index in [2.05, 4.69) is 20.8 Å². The fraction of sp³-hybridized carbons (Fsp3) is 0.417. The molecule has 1 aliphatic rings. The van der Waals surface area contributed by atoms with Crippen molar-refractivity contribution in [1.29, 1.82) is 0 Å². The number of piperidine rings is 1. The van der Waals surface area contributed by atoms with Gasteiger partial charge < -0.3 is 16.4 Å². The van der Waals surface area contributed by atoms with E-state index in [-0.39, 0.29) is 6.04 Å². The van der Waals surface area contributed by atoms with E-state index in [0.717, 1.165) is 36.1 Å².